The number of urea groups is 1. The number of aliphatic carboxylic acids is 1. The quantitative estimate of drug-likeness (QED) is 0.475. The average Bonchev–Trinajstić information content (AvgIpc) is 2.77. The number of rotatable bonds is 7. The van der Waals surface area contributed by atoms with Gasteiger partial charge in [0, 0.05) is 19.5 Å². The molecule has 2 atom stereocenters. The van der Waals surface area contributed by atoms with E-state index in [1.165, 1.54) is 0 Å². The highest BCUT2D eigenvalue weighted by Crippen LogP contribution is 2.12. The van der Waals surface area contributed by atoms with Gasteiger partial charge in [0.1, 0.15) is 6.04 Å². The van der Waals surface area contributed by atoms with Crippen molar-refractivity contribution in [3.8, 4) is 0 Å². The molecule has 0 aliphatic carbocycles. The van der Waals surface area contributed by atoms with E-state index in [-0.39, 0.29) is 12.8 Å². The van der Waals surface area contributed by atoms with E-state index in [1.807, 2.05) is 7.05 Å². The van der Waals surface area contributed by atoms with E-state index in [4.69, 9.17) is 10.8 Å². The zero-order chi connectivity index (χ0) is 15.1. The van der Waals surface area contributed by atoms with Crippen LogP contribution in [0.1, 0.15) is 19.3 Å². The average molecular weight is 286 g/mol. The summed E-state index contributed by atoms with van der Waals surface area (Å²) < 4.78 is 0. The predicted octanol–water partition coefficient (Wildman–Crippen LogP) is -1.04. The smallest absolute Gasteiger partial charge is 0.326 e. The minimum Gasteiger partial charge on any atom is -0.480 e. The molecule has 1 rings (SSSR count). The van der Waals surface area contributed by atoms with Crippen LogP contribution in [0, 0.1) is 5.92 Å². The Hall–Kier alpha value is -1.83. The van der Waals surface area contributed by atoms with Crippen molar-refractivity contribution in [2.45, 2.75) is 25.3 Å². The van der Waals surface area contributed by atoms with Gasteiger partial charge in [0.25, 0.3) is 0 Å². The number of nitrogens with zero attached hydrogens (tertiary/aromatic N) is 1. The fourth-order valence-electron chi connectivity index (χ4n) is 2.18. The molecule has 0 bridgehead atoms. The van der Waals surface area contributed by atoms with Crippen molar-refractivity contribution in [1.82, 2.24) is 15.5 Å². The summed E-state index contributed by atoms with van der Waals surface area (Å²) in [4.78, 5) is 35.4. The zero-order valence-electron chi connectivity index (χ0n) is 11.6. The van der Waals surface area contributed by atoms with Crippen molar-refractivity contribution < 1.29 is 19.5 Å². The van der Waals surface area contributed by atoms with Crippen LogP contribution in [0.2, 0.25) is 0 Å². The monoisotopic (exact) mass is 286 g/mol. The Bertz CT molecular complexity index is 374. The second kappa shape index (κ2) is 7.68. The second-order valence-electron chi connectivity index (χ2n) is 5.17. The fraction of sp³-hybridized carbons (Fsp3) is 0.750. The van der Waals surface area contributed by atoms with E-state index in [0.29, 0.717) is 12.5 Å². The van der Waals surface area contributed by atoms with E-state index in [2.05, 4.69) is 15.5 Å². The van der Waals surface area contributed by atoms with Crippen LogP contribution in [-0.4, -0.2) is 60.6 Å². The molecule has 3 amide bonds. The number of amides is 3. The first kappa shape index (κ1) is 16.2. The summed E-state index contributed by atoms with van der Waals surface area (Å²) in [5.74, 6) is -1.38. The van der Waals surface area contributed by atoms with Crippen molar-refractivity contribution >= 4 is 17.9 Å². The summed E-state index contributed by atoms with van der Waals surface area (Å²) in [6, 6.07) is -1.63. The third-order valence-corrected chi connectivity index (χ3v) is 3.32. The van der Waals surface area contributed by atoms with Crippen LogP contribution in [0.4, 0.5) is 4.79 Å². The Kier molecular flexibility index (Phi) is 6.23. The molecule has 1 saturated heterocycles. The van der Waals surface area contributed by atoms with Crippen molar-refractivity contribution in [3.63, 3.8) is 0 Å². The van der Waals surface area contributed by atoms with Gasteiger partial charge in [-0.15, -0.1) is 0 Å². The number of carboxylic acid groups (broad SMARTS) is 1. The highest BCUT2D eigenvalue weighted by molar-refractivity contribution is 5.83. The largest absolute Gasteiger partial charge is 0.480 e. The lowest BCUT2D eigenvalue weighted by molar-refractivity contribution is -0.139. The van der Waals surface area contributed by atoms with Crippen molar-refractivity contribution in [1.29, 1.82) is 0 Å². The molecule has 0 radical (unpaired) electrons. The number of likely N-dealkylation sites (tertiary alicyclic amines) is 1. The van der Waals surface area contributed by atoms with Gasteiger partial charge in [-0.05, 0) is 32.4 Å². The maximum atomic E-state index is 11.6. The third-order valence-electron chi connectivity index (χ3n) is 3.32. The Labute approximate surface area is 117 Å². The molecule has 1 aliphatic rings. The number of hydrogen-bond donors (Lipinski definition) is 4. The Morgan fingerprint density at radius 2 is 2.15 bits per heavy atom. The Morgan fingerprint density at radius 1 is 1.45 bits per heavy atom. The van der Waals surface area contributed by atoms with Crippen LogP contribution in [-0.2, 0) is 9.59 Å². The molecule has 8 nitrogen and oxygen atoms in total. The number of nitrogens with one attached hydrogen (secondary N) is 2. The SMILES string of the molecule is CN1CCC(CNC(=O)N[C@H](CCC(N)=O)C(=O)O)C1. The van der Waals surface area contributed by atoms with Gasteiger partial charge in [0.2, 0.25) is 5.91 Å². The van der Waals surface area contributed by atoms with Crippen molar-refractivity contribution in [2.24, 2.45) is 11.7 Å². The number of carboxylic acids is 1. The minimum absolute atomic E-state index is 0.00967. The van der Waals surface area contributed by atoms with Gasteiger partial charge in [-0.25, -0.2) is 9.59 Å². The van der Waals surface area contributed by atoms with Crippen LogP contribution < -0.4 is 16.4 Å². The van der Waals surface area contributed by atoms with Gasteiger partial charge < -0.3 is 26.4 Å². The van der Waals surface area contributed by atoms with E-state index in [1.54, 1.807) is 0 Å². The van der Waals surface area contributed by atoms with E-state index in [0.717, 1.165) is 19.5 Å². The Morgan fingerprint density at radius 3 is 2.65 bits per heavy atom. The lowest BCUT2D eigenvalue weighted by Crippen LogP contribution is -2.47. The summed E-state index contributed by atoms with van der Waals surface area (Å²) in [6.45, 7) is 2.44. The standard InChI is InChI=1S/C12H22N4O4/c1-16-5-4-8(7-16)6-14-12(20)15-9(11(18)19)2-3-10(13)17/h8-9H,2-7H2,1H3,(H2,13,17)(H,18,19)(H2,14,15,20)/t8?,9-/m1/s1. The molecule has 0 saturated carbocycles. The normalized spacial score (nSPS) is 20.4. The van der Waals surface area contributed by atoms with Gasteiger partial charge >= 0.3 is 12.0 Å². The van der Waals surface area contributed by atoms with Gasteiger partial charge in [0.05, 0.1) is 0 Å². The predicted molar refractivity (Wildman–Crippen MR) is 72.0 cm³/mol. The van der Waals surface area contributed by atoms with Crippen LogP contribution in [0.3, 0.4) is 0 Å². The summed E-state index contributed by atoms with van der Waals surface area (Å²) >= 11 is 0. The Balaban J connectivity index is 2.30. The van der Waals surface area contributed by atoms with Crippen LogP contribution in [0.25, 0.3) is 0 Å². The molecule has 0 spiro atoms. The number of carbonyl (C=O) groups excluding carboxylic acids is 2. The summed E-state index contributed by atoms with van der Waals surface area (Å²) in [7, 11) is 2.02. The van der Waals surface area contributed by atoms with Gasteiger partial charge in [-0.2, -0.15) is 0 Å². The molecule has 1 heterocycles. The van der Waals surface area contributed by atoms with Gasteiger partial charge in [0.15, 0.2) is 0 Å². The highest BCUT2D eigenvalue weighted by Gasteiger charge is 2.22. The molecule has 0 aromatic heterocycles. The first-order chi connectivity index (χ1) is 9.38. The molecule has 0 aromatic rings. The van der Waals surface area contributed by atoms with E-state index < -0.39 is 23.9 Å². The van der Waals surface area contributed by atoms with Gasteiger partial charge in [-0.1, -0.05) is 0 Å². The van der Waals surface area contributed by atoms with Crippen LogP contribution in [0.15, 0.2) is 0 Å². The lowest BCUT2D eigenvalue weighted by Gasteiger charge is -2.16. The topological polar surface area (TPSA) is 125 Å². The first-order valence-corrected chi connectivity index (χ1v) is 6.62. The van der Waals surface area contributed by atoms with Crippen LogP contribution >= 0.6 is 0 Å². The zero-order valence-corrected chi connectivity index (χ0v) is 11.6. The summed E-state index contributed by atoms with van der Waals surface area (Å²) in [6.07, 6.45) is 0.926. The van der Waals surface area contributed by atoms with Crippen LogP contribution in [0.5, 0.6) is 0 Å². The van der Waals surface area contributed by atoms with Gasteiger partial charge in [-0.3, -0.25) is 4.79 Å². The second-order valence-corrected chi connectivity index (χ2v) is 5.17. The maximum absolute atomic E-state index is 11.6. The molecule has 114 valence electrons. The number of primary amides is 1. The molecule has 20 heavy (non-hydrogen) atoms. The van der Waals surface area contributed by atoms with Crippen molar-refractivity contribution in [3.05, 3.63) is 0 Å². The third kappa shape index (κ3) is 5.87. The minimum atomic E-state index is -1.18. The number of carbonyl (C=O) groups is 3. The molecule has 1 unspecified atom stereocenters. The molecule has 1 fully saturated rings. The fourth-order valence-corrected chi connectivity index (χ4v) is 2.18. The molecule has 8 heteroatoms. The first-order valence-electron chi connectivity index (χ1n) is 6.62. The summed E-state index contributed by atoms with van der Waals surface area (Å²) in [5, 5.41) is 13.9. The molecular weight excluding hydrogens is 264 g/mol. The molecular formula is C12H22N4O4. The molecule has 0 aromatic carbocycles. The lowest BCUT2D eigenvalue weighted by atomic mass is 10.1. The maximum Gasteiger partial charge on any atom is 0.326 e. The molecule has 5 N–H and O–H groups in total. The van der Waals surface area contributed by atoms with E-state index >= 15 is 0 Å². The van der Waals surface area contributed by atoms with Crippen molar-refractivity contribution in [2.75, 3.05) is 26.7 Å². The number of hydrogen-bond acceptors (Lipinski definition) is 4. The summed E-state index contributed by atoms with van der Waals surface area (Å²) in [5.41, 5.74) is 4.96. The highest BCUT2D eigenvalue weighted by atomic mass is 16.4. The van der Waals surface area contributed by atoms with E-state index in [9.17, 15) is 14.4 Å². The number of nitrogens with two attached hydrogens (primary N) is 1. The molecule has 1 aliphatic heterocycles.